The van der Waals surface area contributed by atoms with Crippen LogP contribution in [0.5, 0.6) is 0 Å². The number of halogens is 1. The van der Waals surface area contributed by atoms with Crippen molar-refractivity contribution in [3.63, 3.8) is 0 Å². The number of nitrogens with zero attached hydrogens (tertiary/aromatic N) is 1. The average Bonchev–Trinajstić information content (AvgIpc) is 1.64. The van der Waals surface area contributed by atoms with Crippen molar-refractivity contribution in [3.8, 4) is 0 Å². The maximum atomic E-state index is 2.46. The molecule has 0 spiro atoms. The molecule has 0 aliphatic rings. The predicted molar refractivity (Wildman–Crippen MR) is 42.7 cm³/mol. The van der Waals surface area contributed by atoms with E-state index in [0.29, 0.717) is 12.1 Å². The molecule has 0 aromatic rings. The molecule has 3 heteroatoms. The molecule has 0 fully saturated rings. The van der Waals surface area contributed by atoms with Gasteiger partial charge >= 0.3 is 68.9 Å². The molecule has 0 rings (SSSR count). The molecule has 0 bridgehead atoms. The van der Waals surface area contributed by atoms with Gasteiger partial charge in [-0.2, -0.15) is 0 Å². The first-order valence-corrected chi connectivity index (χ1v) is 3.85. The van der Waals surface area contributed by atoms with Crippen LogP contribution in [0.25, 0.3) is 0 Å². The minimum absolute atomic E-state index is 0. The Balaban J connectivity index is -0.000000320. The molecule has 0 unspecified atom stereocenters. The SMILES string of the molecule is CCN(C(C)C)C(C)C.[Cs+].[F-]. The molecular formula is C8H19CsFN. The van der Waals surface area contributed by atoms with Gasteiger partial charge in [-0.25, -0.2) is 0 Å². The molecule has 0 aliphatic carbocycles. The van der Waals surface area contributed by atoms with Crippen LogP contribution in [0.1, 0.15) is 34.6 Å². The third kappa shape index (κ3) is 8.28. The minimum Gasteiger partial charge on any atom is -1.00 e. The summed E-state index contributed by atoms with van der Waals surface area (Å²) in [6, 6.07) is 1.38. The molecule has 0 aromatic carbocycles. The Morgan fingerprint density at radius 1 is 1.00 bits per heavy atom. The van der Waals surface area contributed by atoms with E-state index >= 15 is 0 Å². The van der Waals surface area contributed by atoms with E-state index in [-0.39, 0.29) is 73.6 Å². The summed E-state index contributed by atoms with van der Waals surface area (Å²) < 4.78 is 0. The van der Waals surface area contributed by atoms with Gasteiger partial charge in [0.25, 0.3) is 0 Å². The third-order valence-corrected chi connectivity index (χ3v) is 1.69. The van der Waals surface area contributed by atoms with E-state index in [1.54, 1.807) is 0 Å². The Kier molecular flexibility index (Phi) is 17.0. The van der Waals surface area contributed by atoms with Gasteiger partial charge in [-0.15, -0.1) is 0 Å². The fourth-order valence-corrected chi connectivity index (χ4v) is 1.33. The van der Waals surface area contributed by atoms with Gasteiger partial charge in [0.2, 0.25) is 0 Å². The number of hydrogen-bond acceptors (Lipinski definition) is 1. The van der Waals surface area contributed by atoms with E-state index in [4.69, 9.17) is 0 Å². The second kappa shape index (κ2) is 10.0. The molecule has 0 N–H and O–H groups in total. The Labute approximate surface area is 129 Å². The summed E-state index contributed by atoms with van der Waals surface area (Å²) in [6.07, 6.45) is 0. The van der Waals surface area contributed by atoms with Gasteiger partial charge in [0.05, 0.1) is 0 Å². The molecule has 0 aliphatic heterocycles. The fourth-order valence-electron chi connectivity index (χ4n) is 1.33. The van der Waals surface area contributed by atoms with Crippen molar-refractivity contribution in [3.05, 3.63) is 0 Å². The minimum atomic E-state index is 0. The van der Waals surface area contributed by atoms with Crippen LogP contribution in [0.4, 0.5) is 0 Å². The van der Waals surface area contributed by atoms with E-state index in [1.165, 1.54) is 0 Å². The summed E-state index contributed by atoms with van der Waals surface area (Å²) in [6.45, 7) is 12.3. The Morgan fingerprint density at radius 2 is 1.27 bits per heavy atom. The van der Waals surface area contributed by atoms with Gasteiger partial charge in [0, 0.05) is 12.1 Å². The molecular weight excluding hydrogens is 262 g/mol. The van der Waals surface area contributed by atoms with Crippen molar-refractivity contribution >= 4 is 0 Å². The standard InChI is InChI=1S/C8H19N.Cs.FH/c1-6-9(7(2)3)8(4)5;;/h7-8H,6H2,1-5H3;;1H/q;+1;/p-1. The summed E-state index contributed by atoms with van der Waals surface area (Å²) in [5.74, 6) is 0. The molecule has 1 nitrogen and oxygen atoms in total. The molecule has 0 radical (unpaired) electrons. The van der Waals surface area contributed by atoms with Gasteiger partial charge in [-0.05, 0) is 34.2 Å². The second-order valence-corrected chi connectivity index (χ2v) is 3.02. The first-order valence-electron chi connectivity index (χ1n) is 3.85. The topological polar surface area (TPSA) is 3.24 Å². The largest absolute Gasteiger partial charge is 1.00 e. The zero-order valence-electron chi connectivity index (χ0n) is 8.69. The zero-order chi connectivity index (χ0) is 7.44. The van der Waals surface area contributed by atoms with E-state index < -0.39 is 0 Å². The Hall–Kier alpha value is 1.94. The van der Waals surface area contributed by atoms with Crippen molar-refractivity contribution in [2.45, 2.75) is 46.7 Å². The second-order valence-electron chi connectivity index (χ2n) is 3.02. The maximum absolute atomic E-state index is 2.46. The third-order valence-electron chi connectivity index (χ3n) is 1.69. The summed E-state index contributed by atoms with van der Waals surface area (Å²) in [7, 11) is 0. The van der Waals surface area contributed by atoms with Crippen LogP contribution in [0.2, 0.25) is 0 Å². The Bertz CT molecular complexity index is 68.5. The molecule has 0 amide bonds. The number of rotatable bonds is 3. The van der Waals surface area contributed by atoms with E-state index in [2.05, 4.69) is 39.5 Å². The van der Waals surface area contributed by atoms with Crippen LogP contribution >= 0.6 is 0 Å². The first-order chi connectivity index (χ1) is 4.09. The molecule has 0 aromatic heterocycles. The summed E-state index contributed by atoms with van der Waals surface area (Å²) in [4.78, 5) is 2.46. The van der Waals surface area contributed by atoms with E-state index in [0.717, 1.165) is 6.54 Å². The van der Waals surface area contributed by atoms with Gasteiger partial charge in [0.1, 0.15) is 0 Å². The molecule has 0 saturated heterocycles. The van der Waals surface area contributed by atoms with Crippen molar-refractivity contribution in [2.24, 2.45) is 0 Å². The number of hydrogen-bond donors (Lipinski definition) is 0. The summed E-state index contributed by atoms with van der Waals surface area (Å²) >= 11 is 0. The molecule has 0 atom stereocenters. The predicted octanol–water partition coefficient (Wildman–Crippen LogP) is -3.87. The van der Waals surface area contributed by atoms with Crippen LogP contribution in [0, 0.1) is 0 Å². The van der Waals surface area contributed by atoms with Gasteiger partial charge in [0.15, 0.2) is 0 Å². The van der Waals surface area contributed by atoms with Crippen molar-refractivity contribution < 1.29 is 73.6 Å². The van der Waals surface area contributed by atoms with Crippen LogP contribution in [0.3, 0.4) is 0 Å². The molecule has 11 heavy (non-hydrogen) atoms. The maximum Gasteiger partial charge on any atom is 1.00 e. The summed E-state index contributed by atoms with van der Waals surface area (Å²) in [5, 5.41) is 0. The van der Waals surface area contributed by atoms with Gasteiger partial charge in [-0.3, -0.25) is 4.90 Å². The van der Waals surface area contributed by atoms with Crippen molar-refractivity contribution in [1.29, 1.82) is 0 Å². The molecule has 0 saturated carbocycles. The first kappa shape index (κ1) is 18.7. The zero-order valence-corrected chi connectivity index (χ0v) is 15.0. The van der Waals surface area contributed by atoms with Crippen LogP contribution in [0.15, 0.2) is 0 Å². The smallest absolute Gasteiger partial charge is 1.00 e. The van der Waals surface area contributed by atoms with Crippen LogP contribution in [-0.2, 0) is 0 Å². The quantitative estimate of drug-likeness (QED) is 0.512. The molecule has 0 heterocycles. The average molecular weight is 281 g/mol. The van der Waals surface area contributed by atoms with Crippen LogP contribution in [-0.4, -0.2) is 23.5 Å². The normalized spacial score (nSPS) is 9.82. The van der Waals surface area contributed by atoms with Gasteiger partial charge < -0.3 is 4.70 Å². The van der Waals surface area contributed by atoms with E-state index in [1.807, 2.05) is 0 Å². The summed E-state index contributed by atoms with van der Waals surface area (Å²) in [5.41, 5.74) is 0. The van der Waals surface area contributed by atoms with Crippen molar-refractivity contribution in [1.82, 2.24) is 4.90 Å². The monoisotopic (exact) mass is 281 g/mol. The van der Waals surface area contributed by atoms with Crippen LogP contribution < -0.4 is 73.6 Å². The molecule has 64 valence electrons. The van der Waals surface area contributed by atoms with Gasteiger partial charge in [-0.1, -0.05) is 6.92 Å². The van der Waals surface area contributed by atoms with E-state index in [9.17, 15) is 0 Å². The fraction of sp³-hybridized carbons (Fsp3) is 1.00. The Morgan fingerprint density at radius 3 is 1.27 bits per heavy atom. The van der Waals surface area contributed by atoms with Crippen molar-refractivity contribution in [2.75, 3.05) is 6.54 Å².